The Morgan fingerprint density at radius 3 is 2.94 bits per heavy atom. The minimum Gasteiger partial charge on any atom is -0.485 e. The topological polar surface area (TPSA) is 85.3 Å². The van der Waals surface area contributed by atoms with E-state index in [1.54, 1.807) is 18.2 Å². The summed E-state index contributed by atoms with van der Waals surface area (Å²) in [5, 5.41) is 8.80. The summed E-state index contributed by atoms with van der Waals surface area (Å²) >= 11 is 0. The number of carboxylic acids is 1. The van der Waals surface area contributed by atoms with Gasteiger partial charge in [-0.05, 0) is 38.1 Å². The zero-order valence-corrected chi connectivity index (χ0v) is 18.1. The number of carbonyl (C=O) groups excluding carboxylic acids is 1. The molecule has 0 fully saturated rings. The quantitative estimate of drug-likeness (QED) is 0.687. The molecule has 0 radical (unpaired) electrons. The molecule has 0 amide bonds. The molecule has 0 saturated heterocycles. The van der Waals surface area contributed by atoms with Crippen LogP contribution in [-0.4, -0.2) is 49.3 Å². The van der Waals surface area contributed by atoms with Crippen molar-refractivity contribution in [2.24, 2.45) is 0 Å². The molecule has 7 nitrogen and oxygen atoms in total. The molecule has 0 spiro atoms. The molecule has 3 aliphatic heterocycles. The van der Waals surface area contributed by atoms with Crippen molar-refractivity contribution in [2.45, 2.75) is 32.0 Å². The number of ether oxygens (including phenoxy) is 3. The fourth-order valence-electron chi connectivity index (χ4n) is 4.94. The summed E-state index contributed by atoms with van der Waals surface area (Å²) in [5.74, 6) is -0.446. The number of rotatable bonds is 6. The number of carboxylic acid groups (broad SMARTS) is 1. The van der Waals surface area contributed by atoms with Crippen LogP contribution in [0.2, 0.25) is 0 Å². The fourth-order valence-corrected chi connectivity index (χ4v) is 4.94. The van der Waals surface area contributed by atoms with Gasteiger partial charge in [0, 0.05) is 41.4 Å². The second-order valence-electron chi connectivity index (χ2n) is 8.54. The van der Waals surface area contributed by atoms with E-state index in [0.717, 1.165) is 46.6 Å². The number of hydrogen-bond donors (Lipinski definition) is 1. The number of benzene rings is 1. The summed E-state index contributed by atoms with van der Waals surface area (Å²) in [4.78, 5) is 24.8. The molecular formula is C25H25NO6. The van der Waals surface area contributed by atoms with E-state index in [0.29, 0.717) is 5.76 Å². The Kier molecular flexibility index (Phi) is 5.03. The molecule has 2 unspecified atom stereocenters. The van der Waals surface area contributed by atoms with Crippen molar-refractivity contribution in [2.75, 3.05) is 31.3 Å². The normalized spacial score (nSPS) is 25.4. The molecule has 4 aliphatic rings. The molecule has 0 saturated carbocycles. The summed E-state index contributed by atoms with van der Waals surface area (Å²) in [6, 6.07) is 6.37. The molecule has 1 N–H and O–H groups in total. The van der Waals surface area contributed by atoms with E-state index < -0.39 is 11.6 Å². The SMILES string of the molecule is Cc1ccc2c(c1)C(C)(OCCOCC(=O)O)C1=C3C=C4C=CC(=O)C=C4OC3CCN12. The van der Waals surface area contributed by atoms with E-state index in [1.807, 2.05) is 0 Å². The minimum absolute atomic E-state index is 0.0658. The molecule has 7 heteroatoms. The molecule has 166 valence electrons. The van der Waals surface area contributed by atoms with Crippen LogP contribution in [0.15, 0.2) is 65.1 Å². The van der Waals surface area contributed by atoms with Crippen LogP contribution in [0.4, 0.5) is 5.69 Å². The van der Waals surface area contributed by atoms with Gasteiger partial charge in [-0.2, -0.15) is 0 Å². The van der Waals surface area contributed by atoms with E-state index in [2.05, 4.69) is 43.0 Å². The standard InChI is InChI=1S/C25H25NO6/c1-15-3-6-20-19(11-15)25(2,31-10-9-30-14-23(28)29)24-18-12-16-4-5-17(27)13-22(16)32-21(18)7-8-26(20)24/h3-6,11-13,21H,7-10,14H2,1-2H3,(H,28,29). The monoisotopic (exact) mass is 435 g/mol. The van der Waals surface area contributed by atoms with Crippen molar-refractivity contribution in [3.63, 3.8) is 0 Å². The molecule has 0 bridgehead atoms. The van der Waals surface area contributed by atoms with Crippen LogP contribution in [-0.2, 0) is 29.4 Å². The number of fused-ring (bicyclic) bond motifs is 5. The van der Waals surface area contributed by atoms with E-state index in [9.17, 15) is 9.59 Å². The van der Waals surface area contributed by atoms with Gasteiger partial charge in [-0.1, -0.05) is 17.7 Å². The zero-order chi connectivity index (χ0) is 22.5. The summed E-state index contributed by atoms with van der Waals surface area (Å²) in [7, 11) is 0. The zero-order valence-electron chi connectivity index (χ0n) is 18.1. The van der Waals surface area contributed by atoms with Gasteiger partial charge in [-0.15, -0.1) is 0 Å². The van der Waals surface area contributed by atoms with Crippen LogP contribution >= 0.6 is 0 Å². The lowest BCUT2D eigenvalue weighted by Crippen LogP contribution is -2.41. The van der Waals surface area contributed by atoms with Crippen LogP contribution in [0.1, 0.15) is 24.5 Å². The second kappa shape index (κ2) is 7.76. The molecule has 0 aromatic heterocycles. The van der Waals surface area contributed by atoms with E-state index >= 15 is 0 Å². The van der Waals surface area contributed by atoms with Crippen LogP contribution in [0.3, 0.4) is 0 Å². The van der Waals surface area contributed by atoms with Gasteiger partial charge in [-0.25, -0.2) is 4.79 Å². The fraction of sp³-hybridized carbons (Fsp3) is 0.360. The first kappa shape index (κ1) is 20.7. The van der Waals surface area contributed by atoms with Gasteiger partial charge < -0.3 is 24.2 Å². The maximum Gasteiger partial charge on any atom is 0.329 e. The van der Waals surface area contributed by atoms with Gasteiger partial charge in [-0.3, -0.25) is 4.79 Å². The number of allylic oxidation sites excluding steroid dienone is 3. The summed E-state index contributed by atoms with van der Waals surface area (Å²) in [6.07, 6.45) is 7.63. The van der Waals surface area contributed by atoms with Gasteiger partial charge in [0.1, 0.15) is 24.1 Å². The largest absolute Gasteiger partial charge is 0.485 e. The molecule has 1 aromatic carbocycles. The predicted octanol–water partition coefficient (Wildman–Crippen LogP) is 3.15. The Balaban J connectivity index is 1.56. The first-order valence-corrected chi connectivity index (χ1v) is 10.8. The third-order valence-corrected chi connectivity index (χ3v) is 6.32. The molecular weight excluding hydrogens is 410 g/mol. The maximum absolute atomic E-state index is 11.8. The number of nitrogens with zero attached hydrogens (tertiary/aromatic N) is 1. The van der Waals surface area contributed by atoms with Crippen LogP contribution in [0.25, 0.3) is 0 Å². The number of carbonyl (C=O) groups is 2. The first-order chi connectivity index (χ1) is 15.4. The van der Waals surface area contributed by atoms with E-state index in [-0.39, 0.29) is 31.7 Å². The highest BCUT2D eigenvalue weighted by Crippen LogP contribution is 2.53. The number of ketones is 1. The Bertz CT molecular complexity index is 1130. The lowest BCUT2D eigenvalue weighted by molar-refractivity contribution is -0.143. The highest BCUT2D eigenvalue weighted by Gasteiger charge is 2.50. The van der Waals surface area contributed by atoms with E-state index in [1.165, 1.54) is 0 Å². The molecule has 2 atom stereocenters. The molecule has 1 aliphatic carbocycles. The third-order valence-electron chi connectivity index (χ3n) is 6.32. The van der Waals surface area contributed by atoms with Crippen molar-refractivity contribution in [3.05, 3.63) is 76.2 Å². The van der Waals surface area contributed by atoms with Gasteiger partial charge in [0.05, 0.1) is 18.9 Å². The van der Waals surface area contributed by atoms with Crippen molar-refractivity contribution >= 4 is 17.4 Å². The third kappa shape index (κ3) is 3.38. The Labute approximate surface area is 186 Å². The van der Waals surface area contributed by atoms with Gasteiger partial charge in [0.15, 0.2) is 5.78 Å². The summed E-state index contributed by atoms with van der Waals surface area (Å²) in [6.45, 7) is 4.97. The summed E-state index contributed by atoms with van der Waals surface area (Å²) in [5.41, 5.74) is 5.55. The number of hydrogen-bond acceptors (Lipinski definition) is 6. The molecule has 32 heavy (non-hydrogen) atoms. The van der Waals surface area contributed by atoms with Crippen molar-refractivity contribution in [1.82, 2.24) is 0 Å². The summed E-state index contributed by atoms with van der Waals surface area (Å²) < 4.78 is 17.9. The average Bonchev–Trinajstić information content (AvgIpc) is 3.00. The van der Waals surface area contributed by atoms with Gasteiger partial charge in [0.2, 0.25) is 0 Å². The van der Waals surface area contributed by atoms with Crippen molar-refractivity contribution < 1.29 is 28.9 Å². The minimum atomic E-state index is -1.00. The molecule has 5 rings (SSSR count). The highest BCUT2D eigenvalue weighted by atomic mass is 16.5. The number of aryl methyl sites for hydroxylation is 1. The van der Waals surface area contributed by atoms with Gasteiger partial charge >= 0.3 is 5.97 Å². The van der Waals surface area contributed by atoms with Crippen molar-refractivity contribution in [1.29, 1.82) is 0 Å². The second-order valence-corrected chi connectivity index (χ2v) is 8.54. The first-order valence-electron chi connectivity index (χ1n) is 10.8. The Hall–Kier alpha value is -3.16. The number of anilines is 1. The van der Waals surface area contributed by atoms with Crippen LogP contribution < -0.4 is 4.90 Å². The number of aliphatic carboxylic acids is 1. The lowest BCUT2D eigenvalue weighted by Gasteiger charge is -2.40. The lowest BCUT2D eigenvalue weighted by atomic mass is 9.85. The smallest absolute Gasteiger partial charge is 0.329 e. The van der Waals surface area contributed by atoms with Crippen LogP contribution in [0.5, 0.6) is 0 Å². The van der Waals surface area contributed by atoms with Gasteiger partial charge in [0.25, 0.3) is 0 Å². The predicted molar refractivity (Wildman–Crippen MR) is 117 cm³/mol. The van der Waals surface area contributed by atoms with Crippen LogP contribution in [0, 0.1) is 6.92 Å². The maximum atomic E-state index is 11.8. The molecule has 1 aromatic rings. The Morgan fingerprint density at radius 2 is 2.12 bits per heavy atom. The average molecular weight is 435 g/mol. The molecule has 3 heterocycles. The van der Waals surface area contributed by atoms with E-state index in [4.69, 9.17) is 19.3 Å². The highest BCUT2D eigenvalue weighted by molar-refractivity contribution is 6.02. The van der Waals surface area contributed by atoms with Crippen molar-refractivity contribution in [3.8, 4) is 0 Å². The Morgan fingerprint density at radius 1 is 1.28 bits per heavy atom.